The first-order chi connectivity index (χ1) is 10.2. The van der Waals surface area contributed by atoms with Gasteiger partial charge in [-0.2, -0.15) is 13.2 Å². The van der Waals surface area contributed by atoms with Gasteiger partial charge in [-0.3, -0.25) is 4.79 Å². The number of aryl methyl sites for hydroxylation is 2. The molecule has 2 aromatic carbocycles. The third-order valence-electron chi connectivity index (χ3n) is 3.23. The van der Waals surface area contributed by atoms with Gasteiger partial charge in [-0.05, 0) is 71.8 Å². The minimum absolute atomic E-state index is 0.121. The Kier molecular flexibility index (Phi) is 4.79. The van der Waals surface area contributed by atoms with Crippen molar-refractivity contribution in [2.24, 2.45) is 0 Å². The first-order valence-electron chi connectivity index (χ1n) is 6.44. The molecule has 0 saturated carbocycles. The summed E-state index contributed by atoms with van der Waals surface area (Å²) in [5.41, 5.74) is 0.939. The molecule has 116 valence electrons. The largest absolute Gasteiger partial charge is 0.416 e. The van der Waals surface area contributed by atoms with Crippen molar-refractivity contribution in [1.29, 1.82) is 0 Å². The Bertz CT molecular complexity index is 726. The molecule has 0 spiro atoms. The third-order valence-corrected chi connectivity index (χ3v) is 4.40. The van der Waals surface area contributed by atoms with Gasteiger partial charge in [-0.1, -0.05) is 12.1 Å². The lowest BCUT2D eigenvalue weighted by atomic mass is 10.1. The SMILES string of the molecule is Cc1ccc(C(=O)Nc2ccc(C)c(C(F)(F)F)c2)cc1I. The Morgan fingerprint density at radius 3 is 2.27 bits per heavy atom. The zero-order valence-corrected chi connectivity index (χ0v) is 14.0. The van der Waals surface area contributed by atoms with E-state index in [9.17, 15) is 18.0 Å². The van der Waals surface area contributed by atoms with Gasteiger partial charge in [0.25, 0.3) is 5.91 Å². The molecule has 6 heteroatoms. The highest BCUT2D eigenvalue weighted by molar-refractivity contribution is 14.1. The van der Waals surface area contributed by atoms with Crippen LogP contribution in [0.2, 0.25) is 0 Å². The van der Waals surface area contributed by atoms with Crippen LogP contribution in [0.4, 0.5) is 18.9 Å². The van der Waals surface area contributed by atoms with E-state index in [0.29, 0.717) is 5.56 Å². The van der Waals surface area contributed by atoms with Crippen molar-refractivity contribution >= 4 is 34.2 Å². The second kappa shape index (κ2) is 6.28. The molecule has 0 fully saturated rings. The predicted octanol–water partition coefficient (Wildman–Crippen LogP) is 5.18. The van der Waals surface area contributed by atoms with E-state index in [0.717, 1.165) is 15.2 Å². The van der Waals surface area contributed by atoms with Gasteiger partial charge in [-0.25, -0.2) is 0 Å². The van der Waals surface area contributed by atoms with Gasteiger partial charge in [0.1, 0.15) is 0 Å². The first kappa shape index (κ1) is 16.8. The standard InChI is InChI=1S/C16H13F3INO/c1-9-4-6-12(8-13(9)16(17,18)19)21-15(22)11-5-3-10(2)14(20)7-11/h3-8H,1-2H3,(H,21,22). The van der Waals surface area contributed by atoms with E-state index in [2.05, 4.69) is 27.9 Å². The van der Waals surface area contributed by atoms with E-state index in [1.807, 2.05) is 6.92 Å². The second-order valence-electron chi connectivity index (χ2n) is 4.95. The number of halogens is 4. The lowest BCUT2D eigenvalue weighted by Gasteiger charge is -2.13. The van der Waals surface area contributed by atoms with Gasteiger partial charge >= 0.3 is 6.18 Å². The minimum Gasteiger partial charge on any atom is -0.322 e. The Hall–Kier alpha value is -1.57. The van der Waals surface area contributed by atoms with Crippen molar-refractivity contribution in [3.63, 3.8) is 0 Å². The number of alkyl halides is 3. The van der Waals surface area contributed by atoms with Gasteiger partial charge < -0.3 is 5.32 Å². The molecule has 0 atom stereocenters. The van der Waals surface area contributed by atoms with Gasteiger partial charge in [0.2, 0.25) is 0 Å². The quantitative estimate of drug-likeness (QED) is 0.668. The molecule has 0 saturated heterocycles. The fraction of sp³-hybridized carbons (Fsp3) is 0.188. The molecule has 22 heavy (non-hydrogen) atoms. The van der Waals surface area contributed by atoms with E-state index in [1.165, 1.54) is 19.1 Å². The van der Waals surface area contributed by atoms with Crippen molar-refractivity contribution in [2.75, 3.05) is 5.32 Å². The fourth-order valence-corrected chi connectivity index (χ4v) is 2.46. The minimum atomic E-state index is -4.44. The molecule has 0 aliphatic rings. The van der Waals surface area contributed by atoms with Crippen molar-refractivity contribution in [1.82, 2.24) is 0 Å². The predicted molar refractivity (Wildman–Crippen MR) is 88.0 cm³/mol. The van der Waals surface area contributed by atoms with Crippen LogP contribution in [-0.4, -0.2) is 5.91 Å². The number of anilines is 1. The van der Waals surface area contributed by atoms with Crippen molar-refractivity contribution in [3.8, 4) is 0 Å². The molecule has 0 unspecified atom stereocenters. The topological polar surface area (TPSA) is 29.1 Å². The summed E-state index contributed by atoms with van der Waals surface area (Å²) in [7, 11) is 0. The molecule has 1 N–H and O–H groups in total. The van der Waals surface area contributed by atoms with Crippen molar-refractivity contribution < 1.29 is 18.0 Å². The Morgan fingerprint density at radius 2 is 1.68 bits per heavy atom. The van der Waals surface area contributed by atoms with Crippen LogP contribution in [0.5, 0.6) is 0 Å². The number of benzene rings is 2. The van der Waals surface area contributed by atoms with Gasteiger partial charge in [0.15, 0.2) is 0 Å². The molecule has 0 radical (unpaired) electrons. The van der Waals surface area contributed by atoms with E-state index in [4.69, 9.17) is 0 Å². The molecule has 0 heterocycles. The van der Waals surface area contributed by atoms with Crippen LogP contribution in [0.15, 0.2) is 36.4 Å². The number of carbonyl (C=O) groups is 1. The lowest BCUT2D eigenvalue weighted by Crippen LogP contribution is -2.14. The van der Waals surface area contributed by atoms with Crippen LogP contribution in [0.25, 0.3) is 0 Å². The monoisotopic (exact) mass is 419 g/mol. The maximum atomic E-state index is 12.9. The van der Waals surface area contributed by atoms with E-state index >= 15 is 0 Å². The summed E-state index contributed by atoms with van der Waals surface area (Å²) in [5, 5.41) is 2.50. The molecular weight excluding hydrogens is 406 g/mol. The van der Waals surface area contributed by atoms with Crippen LogP contribution >= 0.6 is 22.6 Å². The molecule has 0 aromatic heterocycles. The molecule has 0 aliphatic heterocycles. The zero-order valence-electron chi connectivity index (χ0n) is 11.9. The van der Waals surface area contributed by atoms with Crippen LogP contribution in [-0.2, 0) is 6.18 Å². The second-order valence-corrected chi connectivity index (χ2v) is 6.11. The smallest absolute Gasteiger partial charge is 0.322 e. The Morgan fingerprint density at radius 1 is 1.05 bits per heavy atom. The van der Waals surface area contributed by atoms with Gasteiger partial charge in [0, 0.05) is 14.8 Å². The summed E-state index contributed by atoms with van der Waals surface area (Å²) in [4.78, 5) is 12.1. The van der Waals surface area contributed by atoms with E-state index in [1.54, 1.807) is 18.2 Å². The van der Waals surface area contributed by atoms with Gasteiger partial charge in [0.05, 0.1) is 5.56 Å². The molecule has 2 rings (SSSR count). The third kappa shape index (κ3) is 3.79. The summed E-state index contributed by atoms with van der Waals surface area (Å²) < 4.78 is 39.5. The molecule has 0 aliphatic carbocycles. The zero-order chi connectivity index (χ0) is 16.5. The van der Waals surface area contributed by atoms with Crippen LogP contribution in [0.1, 0.15) is 27.0 Å². The fourth-order valence-electron chi connectivity index (χ4n) is 1.94. The van der Waals surface area contributed by atoms with Crippen LogP contribution in [0, 0.1) is 17.4 Å². The molecule has 2 aromatic rings. The molecular formula is C16H13F3INO. The highest BCUT2D eigenvalue weighted by Crippen LogP contribution is 2.33. The summed E-state index contributed by atoms with van der Waals surface area (Å²) >= 11 is 2.11. The van der Waals surface area contributed by atoms with Crippen molar-refractivity contribution in [3.05, 3.63) is 62.2 Å². The highest BCUT2D eigenvalue weighted by Gasteiger charge is 2.32. The number of hydrogen-bond donors (Lipinski definition) is 1. The average molecular weight is 419 g/mol. The number of rotatable bonds is 2. The van der Waals surface area contributed by atoms with Crippen LogP contribution < -0.4 is 5.32 Å². The normalized spacial score (nSPS) is 11.4. The summed E-state index contributed by atoms with van der Waals surface area (Å²) in [5.74, 6) is -0.435. The summed E-state index contributed by atoms with van der Waals surface area (Å²) in [6.45, 7) is 3.30. The van der Waals surface area contributed by atoms with Crippen molar-refractivity contribution in [2.45, 2.75) is 20.0 Å². The average Bonchev–Trinajstić information content (AvgIpc) is 2.42. The Balaban J connectivity index is 2.27. The number of amides is 1. The molecule has 0 bridgehead atoms. The summed E-state index contributed by atoms with van der Waals surface area (Å²) in [6.07, 6.45) is -4.44. The van der Waals surface area contributed by atoms with E-state index < -0.39 is 17.6 Å². The number of hydrogen-bond acceptors (Lipinski definition) is 1. The lowest BCUT2D eigenvalue weighted by molar-refractivity contribution is -0.138. The van der Waals surface area contributed by atoms with Gasteiger partial charge in [-0.15, -0.1) is 0 Å². The van der Waals surface area contributed by atoms with E-state index in [-0.39, 0.29) is 11.3 Å². The maximum absolute atomic E-state index is 12.9. The maximum Gasteiger partial charge on any atom is 0.416 e. The highest BCUT2D eigenvalue weighted by atomic mass is 127. The number of nitrogens with one attached hydrogen (secondary N) is 1. The van der Waals surface area contributed by atoms with Crippen LogP contribution in [0.3, 0.4) is 0 Å². The Labute approximate surface area is 139 Å². The molecule has 1 amide bonds. The number of carbonyl (C=O) groups excluding carboxylic acids is 1. The summed E-state index contributed by atoms with van der Waals surface area (Å²) in [6, 6.07) is 8.90. The first-order valence-corrected chi connectivity index (χ1v) is 7.51. The molecule has 2 nitrogen and oxygen atoms in total.